The third-order valence-electron chi connectivity index (χ3n) is 4.87. The Morgan fingerprint density at radius 3 is 1.28 bits per heavy atom. The lowest BCUT2D eigenvalue weighted by Crippen LogP contribution is -1.95. The van der Waals surface area contributed by atoms with Gasteiger partial charge in [-0.3, -0.25) is 9.98 Å². The van der Waals surface area contributed by atoms with Gasteiger partial charge in [0.15, 0.2) is 0 Å². The van der Waals surface area contributed by atoms with Crippen molar-refractivity contribution in [2.45, 2.75) is 39.5 Å². The van der Waals surface area contributed by atoms with E-state index in [9.17, 15) is 0 Å². The molecule has 0 aromatic heterocycles. The topological polar surface area (TPSA) is 43.2 Å². The van der Waals surface area contributed by atoms with Gasteiger partial charge in [-0.15, -0.1) is 0 Å². The van der Waals surface area contributed by atoms with Crippen LogP contribution >= 0.6 is 0 Å². The van der Waals surface area contributed by atoms with Crippen molar-refractivity contribution in [3.63, 3.8) is 0 Å². The fourth-order valence-corrected chi connectivity index (χ4v) is 2.89. The maximum atomic E-state index is 5.69. The maximum absolute atomic E-state index is 5.69. The predicted octanol–water partition coefficient (Wildman–Crippen LogP) is 7.55. The first-order chi connectivity index (χ1) is 15.8. The van der Waals surface area contributed by atoms with Crippen molar-refractivity contribution in [1.29, 1.82) is 0 Å². The molecular formula is C28H32N2O2. The Labute approximate surface area is 191 Å². The fourth-order valence-electron chi connectivity index (χ4n) is 2.89. The van der Waals surface area contributed by atoms with Gasteiger partial charge in [0, 0.05) is 12.4 Å². The van der Waals surface area contributed by atoms with Gasteiger partial charge in [-0.05, 0) is 72.5 Å². The summed E-state index contributed by atoms with van der Waals surface area (Å²) in [7, 11) is 0. The molecule has 32 heavy (non-hydrogen) atoms. The average Bonchev–Trinajstić information content (AvgIpc) is 2.84. The molecule has 0 radical (unpaired) electrons. The fraction of sp³-hybridized carbons (Fsp3) is 0.286. The molecule has 0 aliphatic heterocycles. The van der Waals surface area contributed by atoms with Crippen LogP contribution < -0.4 is 9.47 Å². The zero-order valence-corrected chi connectivity index (χ0v) is 19.0. The molecule has 4 nitrogen and oxygen atoms in total. The second-order valence-corrected chi connectivity index (χ2v) is 7.57. The number of rotatable bonds is 12. The van der Waals surface area contributed by atoms with Crippen molar-refractivity contribution in [3.05, 3.63) is 83.9 Å². The summed E-state index contributed by atoms with van der Waals surface area (Å²) in [6.45, 7) is 5.83. The zero-order chi connectivity index (χ0) is 22.4. The molecule has 3 rings (SSSR count). The number of nitrogens with zero attached hydrogens (tertiary/aromatic N) is 2. The lowest BCUT2D eigenvalue weighted by atomic mass is 10.1. The lowest BCUT2D eigenvalue weighted by Gasteiger charge is -2.05. The molecule has 166 valence electrons. The predicted molar refractivity (Wildman–Crippen MR) is 135 cm³/mol. The Bertz CT molecular complexity index is 893. The van der Waals surface area contributed by atoms with Gasteiger partial charge in [0.2, 0.25) is 0 Å². The number of benzene rings is 3. The highest BCUT2D eigenvalue weighted by atomic mass is 16.5. The highest BCUT2D eigenvalue weighted by Crippen LogP contribution is 2.20. The summed E-state index contributed by atoms with van der Waals surface area (Å²) in [6.07, 6.45) is 8.14. The van der Waals surface area contributed by atoms with Crippen LogP contribution in [0.3, 0.4) is 0 Å². The molecule has 0 bridgehead atoms. The first-order valence-corrected chi connectivity index (χ1v) is 11.4. The average molecular weight is 429 g/mol. The Morgan fingerprint density at radius 2 is 0.938 bits per heavy atom. The normalized spacial score (nSPS) is 11.3. The van der Waals surface area contributed by atoms with E-state index >= 15 is 0 Å². The summed E-state index contributed by atoms with van der Waals surface area (Å²) in [4.78, 5) is 9.09. The van der Waals surface area contributed by atoms with E-state index in [1.54, 1.807) is 0 Å². The van der Waals surface area contributed by atoms with Crippen LogP contribution in [0, 0.1) is 0 Å². The second kappa shape index (κ2) is 13.1. The van der Waals surface area contributed by atoms with Gasteiger partial charge in [-0.1, -0.05) is 51.0 Å². The third kappa shape index (κ3) is 8.03. The van der Waals surface area contributed by atoms with Crippen LogP contribution in [0.2, 0.25) is 0 Å². The van der Waals surface area contributed by atoms with E-state index in [-0.39, 0.29) is 0 Å². The van der Waals surface area contributed by atoms with Crippen LogP contribution in [0.5, 0.6) is 11.5 Å². The van der Waals surface area contributed by atoms with Crippen molar-refractivity contribution in [2.24, 2.45) is 9.98 Å². The molecule has 0 fully saturated rings. The maximum Gasteiger partial charge on any atom is 0.119 e. The Morgan fingerprint density at radius 1 is 0.562 bits per heavy atom. The van der Waals surface area contributed by atoms with Crippen molar-refractivity contribution in [1.82, 2.24) is 0 Å². The summed E-state index contributed by atoms with van der Waals surface area (Å²) < 4.78 is 11.4. The number of aliphatic imine (C=N–C) groups is 2. The molecule has 0 N–H and O–H groups in total. The summed E-state index contributed by atoms with van der Waals surface area (Å²) >= 11 is 0. The van der Waals surface area contributed by atoms with Gasteiger partial charge < -0.3 is 9.47 Å². The van der Waals surface area contributed by atoms with E-state index in [4.69, 9.17) is 9.47 Å². The van der Waals surface area contributed by atoms with Crippen molar-refractivity contribution < 1.29 is 9.47 Å². The lowest BCUT2D eigenvalue weighted by molar-refractivity contribution is 0.309. The van der Waals surface area contributed by atoms with Gasteiger partial charge in [-0.25, -0.2) is 0 Å². The Hall–Kier alpha value is -3.40. The summed E-state index contributed by atoms with van der Waals surface area (Å²) in [5.41, 5.74) is 3.89. The molecule has 0 saturated carbocycles. The van der Waals surface area contributed by atoms with E-state index in [0.717, 1.165) is 72.9 Å². The molecule has 3 aromatic carbocycles. The van der Waals surface area contributed by atoms with Crippen LogP contribution in [-0.4, -0.2) is 25.6 Å². The number of hydrogen-bond acceptors (Lipinski definition) is 4. The quantitative estimate of drug-likeness (QED) is 0.221. The summed E-state index contributed by atoms with van der Waals surface area (Å²) in [5.74, 6) is 1.78. The van der Waals surface area contributed by atoms with Gasteiger partial charge in [0.25, 0.3) is 0 Å². The van der Waals surface area contributed by atoms with E-state index < -0.39 is 0 Å². The zero-order valence-electron chi connectivity index (χ0n) is 19.0. The van der Waals surface area contributed by atoms with Crippen LogP contribution in [0.1, 0.15) is 50.7 Å². The Balaban J connectivity index is 1.51. The smallest absolute Gasteiger partial charge is 0.119 e. The van der Waals surface area contributed by atoms with Gasteiger partial charge in [0.1, 0.15) is 11.5 Å². The first-order valence-electron chi connectivity index (χ1n) is 11.4. The summed E-state index contributed by atoms with van der Waals surface area (Å²) in [6, 6.07) is 23.9. The molecule has 0 aliphatic rings. The van der Waals surface area contributed by atoms with Crippen molar-refractivity contribution in [2.75, 3.05) is 13.2 Å². The van der Waals surface area contributed by atoms with Crippen LogP contribution in [0.25, 0.3) is 0 Å². The molecule has 0 aliphatic carbocycles. The number of hydrogen-bond donors (Lipinski definition) is 0. The minimum absolute atomic E-state index is 0.757. The van der Waals surface area contributed by atoms with Gasteiger partial charge in [-0.2, -0.15) is 0 Å². The SMILES string of the molecule is CCCCOc1ccc(N=Cc2ccc(C=Nc3ccc(OCCCC)cc3)cc2)cc1. The molecule has 3 aromatic rings. The molecule has 0 atom stereocenters. The van der Waals surface area contributed by atoms with Gasteiger partial charge >= 0.3 is 0 Å². The number of ether oxygens (including phenoxy) is 2. The molecule has 0 saturated heterocycles. The van der Waals surface area contributed by atoms with Gasteiger partial charge in [0.05, 0.1) is 24.6 Å². The standard InChI is InChI=1S/C28H32N2O2/c1-3-5-19-31-27-15-11-25(12-16-27)29-21-23-7-9-24(10-8-23)22-30-26-13-17-28(18-14-26)32-20-6-4-2/h7-18,21-22H,3-6,19-20H2,1-2H3. The van der Waals surface area contributed by atoms with E-state index in [1.807, 2.05) is 85.2 Å². The largest absolute Gasteiger partial charge is 0.494 e. The second-order valence-electron chi connectivity index (χ2n) is 7.57. The molecular weight excluding hydrogens is 396 g/mol. The highest BCUT2D eigenvalue weighted by molar-refractivity contribution is 5.86. The van der Waals surface area contributed by atoms with Crippen LogP contribution in [-0.2, 0) is 0 Å². The molecule has 4 heteroatoms. The monoisotopic (exact) mass is 428 g/mol. The van der Waals surface area contributed by atoms with Crippen LogP contribution in [0.4, 0.5) is 11.4 Å². The van der Waals surface area contributed by atoms with Crippen molar-refractivity contribution in [3.8, 4) is 11.5 Å². The van der Waals surface area contributed by atoms with E-state index in [1.165, 1.54) is 0 Å². The highest BCUT2D eigenvalue weighted by Gasteiger charge is 1.96. The minimum atomic E-state index is 0.757. The Kier molecular flexibility index (Phi) is 9.53. The minimum Gasteiger partial charge on any atom is -0.494 e. The molecule has 0 spiro atoms. The third-order valence-corrected chi connectivity index (χ3v) is 4.87. The number of unbranched alkanes of at least 4 members (excludes halogenated alkanes) is 2. The summed E-state index contributed by atoms with van der Waals surface area (Å²) in [5, 5.41) is 0. The molecule has 0 heterocycles. The van der Waals surface area contributed by atoms with E-state index in [0.29, 0.717) is 0 Å². The first kappa shape index (κ1) is 23.3. The molecule has 0 amide bonds. The van der Waals surface area contributed by atoms with E-state index in [2.05, 4.69) is 23.8 Å². The molecule has 0 unspecified atom stereocenters. The van der Waals surface area contributed by atoms with Crippen LogP contribution in [0.15, 0.2) is 82.8 Å². The van der Waals surface area contributed by atoms with Crippen molar-refractivity contribution >= 4 is 23.8 Å².